The van der Waals surface area contributed by atoms with E-state index >= 15 is 0 Å². The zero-order valence-corrected chi connectivity index (χ0v) is 13.4. The Balaban J connectivity index is 1.97. The van der Waals surface area contributed by atoms with Gasteiger partial charge in [-0.25, -0.2) is 8.78 Å². The van der Waals surface area contributed by atoms with Gasteiger partial charge in [0.2, 0.25) is 0 Å². The molecule has 5 heteroatoms. The summed E-state index contributed by atoms with van der Waals surface area (Å²) in [7, 11) is 1.89. The van der Waals surface area contributed by atoms with Crippen LogP contribution in [0.4, 0.5) is 8.78 Å². The molecule has 2 atom stereocenters. The van der Waals surface area contributed by atoms with Gasteiger partial charge in [0.1, 0.15) is 11.6 Å². The van der Waals surface area contributed by atoms with Gasteiger partial charge < -0.3 is 4.90 Å². The first-order valence-corrected chi connectivity index (χ1v) is 7.77. The van der Waals surface area contributed by atoms with Crippen LogP contribution in [0.3, 0.4) is 0 Å². The maximum Gasteiger partial charge on any atom is 0.167 e. The third-order valence-electron chi connectivity index (χ3n) is 4.34. The van der Waals surface area contributed by atoms with Crippen LogP contribution in [0, 0.1) is 17.6 Å². The SMILES string of the molecule is CN1C[C@H](C(=O)c2ccc(F)cc2)[C@@H](c2c(F)cccc2Cl)C1. The van der Waals surface area contributed by atoms with E-state index in [1.165, 1.54) is 30.3 Å². The third kappa shape index (κ3) is 3.14. The van der Waals surface area contributed by atoms with Crippen molar-refractivity contribution in [2.24, 2.45) is 5.92 Å². The molecule has 2 nitrogen and oxygen atoms in total. The molecule has 1 fully saturated rings. The Morgan fingerprint density at radius 2 is 1.83 bits per heavy atom. The molecular formula is C18H16ClF2NO. The molecule has 120 valence electrons. The summed E-state index contributed by atoms with van der Waals surface area (Å²) >= 11 is 6.17. The first-order chi connectivity index (χ1) is 11.0. The topological polar surface area (TPSA) is 20.3 Å². The quantitative estimate of drug-likeness (QED) is 0.785. The minimum absolute atomic E-state index is 0.112. The van der Waals surface area contributed by atoms with Crippen molar-refractivity contribution >= 4 is 17.4 Å². The number of ketones is 1. The molecule has 0 amide bonds. The first kappa shape index (κ1) is 16.1. The average Bonchev–Trinajstić information content (AvgIpc) is 2.89. The molecule has 2 aromatic rings. The largest absolute Gasteiger partial charge is 0.305 e. The second-order valence-corrected chi connectivity index (χ2v) is 6.35. The summed E-state index contributed by atoms with van der Waals surface area (Å²) in [6.45, 7) is 1.07. The van der Waals surface area contributed by atoms with E-state index in [0.717, 1.165) is 0 Å². The molecular weight excluding hydrogens is 320 g/mol. The summed E-state index contributed by atoms with van der Waals surface area (Å²) in [6.07, 6.45) is 0. The predicted molar refractivity (Wildman–Crippen MR) is 85.9 cm³/mol. The molecule has 3 rings (SSSR count). The highest BCUT2D eigenvalue weighted by atomic mass is 35.5. The van der Waals surface area contributed by atoms with Crippen molar-refractivity contribution in [2.75, 3.05) is 20.1 Å². The number of carbonyl (C=O) groups is 1. The van der Waals surface area contributed by atoms with Gasteiger partial charge in [0, 0.05) is 41.1 Å². The first-order valence-electron chi connectivity index (χ1n) is 7.39. The fraction of sp³-hybridized carbons (Fsp3) is 0.278. The van der Waals surface area contributed by atoms with E-state index < -0.39 is 17.6 Å². The van der Waals surface area contributed by atoms with Crippen molar-refractivity contribution in [3.63, 3.8) is 0 Å². The van der Waals surface area contributed by atoms with Crippen LogP contribution < -0.4 is 0 Å². The standard InChI is InChI=1S/C18H16ClF2NO/c1-22-9-13(17-15(19)3-2-4-16(17)21)14(10-22)18(23)11-5-7-12(20)8-6-11/h2-8,13-14H,9-10H2,1H3/t13-,14-/m0/s1. The lowest BCUT2D eigenvalue weighted by Gasteiger charge is -2.19. The number of likely N-dealkylation sites (N-methyl/N-ethyl adjacent to an activating group) is 1. The zero-order chi connectivity index (χ0) is 16.6. The fourth-order valence-electron chi connectivity index (χ4n) is 3.25. The Hall–Kier alpha value is -1.78. The third-order valence-corrected chi connectivity index (χ3v) is 4.67. The molecule has 0 bridgehead atoms. The minimum atomic E-state index is -0.403. The molecule has 0 N–H and O–H groups in total. The summed E-state index contributed by atoms with van der Waals surface area (Å²) in [5.41, 5.74) is 0.822. The van der Waals surface area contributed by atoms with Crippen molar-refractivity contribution in [3.05, 3.63) is 70.2 Å². The molecule has 0 saturated carbocycles. The Kier molecular flexibility index (Phi) is 4.46. The molecule has 0 spiro atoms. The number of nitrogens with zero attached hydrogens (tertiary/aromatic N) is 1. The minimum Gasteiger partial charge on any atom is -0.305 e. The summed E-state index contributed by atoms with van der Waals surface area (Å²) in [4.78, 5) is 14.8. The van der Waals surface area contributed by atoms with Crippen LogP contribution in [0.25, 0.3) is 0 Å². The summed E-state index contributed by atoms with van der Waals surface area (Å²) in [6, 6.07) is 10.0. The van der Waals surface area contributed by atoms with Crippen LogP contribution in [0.15, 0.2) is 42.5 Å². The van der Waals surface area contributed by atoms with E-state index in [1.807, 2.05) is 11.9 Å². The number of benzene rings is 2. The predicted octanol–water partition coefficient (Wildman–Crippen LogP) is 4.15. The van der Waals surface area contributed by atoms with Crippen molar-refractivity contribution in [3.8, 4) is 0 Å². The number of carbonyl (C=O) groups excluding carboxylic acids is 1. The summed E-state index contributed by atoms with van der Waals surface area (Å²) in [5.74, 6) is -1.61. The number of Topliss-reactive ketones (excluding diaryl/α,β-unsaturated/α-hetero) is 1. The average molecular weight is 336 g/mol. The Morgan fingerprint density at radius 1 is 1.13 bits per heavy atom. The fourth-order valence-corrected chi connectivity index (χ4v) is 3.56. The molecule has 2 aromatic carbocycles. The van der Waals surface area contributed by atoms with Crippen molar-refractivity contribution in [1.29, 1.82) is 0 Å². The van der Waals surface area contributed by atoms with Crippen LogP contribution in [-0.2, 0) is 0 Å². The molecule has 1 heterocycles. The van der Waals surface area contributed by atoms with Crippen molar-refractivity contribution < 1.29 is 13.6 Å². The van der Waals surface area contributed by atoms with Crippen LogP contribution in [0.5, 0.6) is 0 Å². The van der Waals surface area contributed by atoms with Gasteiger partial charge in [0.05, 0.1) is 0 Å². The lowest BCUT2D eigenvalue weighted by molar-refractivity contribution is 0.0915. The van der Waals surface area contributed by atoms with E-state index in [0.29, 0.717) is 29.2 Å². The number of hydrogen-bond donors (Lipinski definition) is 0. The van der Waals surface area contributed by atoms with Gasteiger partial charge in [-0.15, -0.1) is 0 Å². The number of rotatable bonds is 3. The van der Waals surface area contributed by atoms with Crippen LogP contribution in [-0.4, -0.2) is 30.8 Å². The van der Waals surface area contributed by atoms with E-state index in [1.54, 1.807) is 12.1 Å². The van der Waals surface area contributed by atoms with Crippen LogP contribution >= 0.6 is 11.6 Å². The highest BCUT2D eigenvalue weighted by Gasteiger charge is 2.39. The van der Waals surface area contributed by atoms with Gasteiger partial charge >= 0.3 is 0 Å². The Labute approximate surface area is 138 Å². The molecule has 0 aliphatic carbocycles. The van der Waals surface area contributed by atoms with Gasteiger partial charge in [-0.2, -0.15) is 0 Å². The summed E-state index contributed by atoms with van der Waals surface area (Å²) in [5, 5.41) is 0.335. The smallest absolute Gasteiger partial charge is 0.167 e. The normalized spacial score (nSPS) is 21.6. The second kappa shape index (κ2) is 6.38. The highest BCUT2D eigenvalue weighted by Crippen LogP contribution is 2.38. The van der Waals surface area contributed by atoms with Gasteiger partial charge in [0.15, 0.2) is 5.78 Å². The molecule has 1 aliphatic heterocycles. The number of halogens is 3. The van der Waals surface area contributed by atoms with Gasteiger partial charge in [-0.05, 0) is 43.4 Å². The highest BCUT2D eigenvalue weighted by molar-refractivity contribution is 6.31. The molecule has 0 radical (unpaired) electrons. The van der Waals surface area contributed by atoms with E-state index in [9.17, 15) is 13.6 Å². The molecule has 23 heavy (non-hydrogen) atoms. The van der Waals surface area contributed by atoms with Crippen LogP contribution in [0.1, 0.15) is 21.8 Å². The molecule has 0 aromatic heterocycles. The van der Waals surface area contributed by atoms with Crippen LogP contribution in [0.2, 0.25) is 5.02 Å². The Morgan fingerprint density at radius 3 is 2.48 bits per heavy atom. The maximum absolute atomic E-state index is 14.3. The number of hydrogen-bond acceptors (Lipinski definition) is 2. The molecule has 1 saturated heterocycles. The lowest BCUT2D eigenvalue weighted by atomic mass is 9.83. The second-order valence-electron chi connectivity index (χ2n) is 5.94. The summed E-state index contributed by atoms with van der Waals surface area (Å²) < 4.78 is 27.3. The number of likely N-dealkylation sites (tertiary alicyclic amines) is 1. The zero-order valence-electron chi connectivity index (χ0n) is 12.6. The van der Waals surface area contributed by atoms with Gasteiger partial charge in [-0.1, -0.05) is 17.7 Å². The lowest BCUT2D eigenvalue weighted by Crippen LogP contribution is -2.23. The van der Waals surface area contributed by atoms with E-state index in [2.05, 4.69) is 0 Å². The monoisotopic (exact) mass is 335 g/mol. The Bertz CT molecular complexity index is 712. The van der Waals surface area contributed by atoms with E-state index in [-0.39, 0.29) is 11.7 Å². The van der Waals surface area contributed by atoms with Gasteiger partial charge in [-0.3, -0.25) is 4.79 Å². The van der Waals surface area contributed by atoms with Gasteiger partial charge in [0.25, 0.3) is 0 Å². The van der Waals surface area contributed by atoms with Crippen molar-refractivity contribution in [2.45, 2.75) is 5.92 Å². The van der Waals surface area contributed by atoms with E-state index in [4.69, 9.17) is 11.6 Å². The molecule has 1 aliphatic rings. The maximum atomic E-state index is 14.3. The van der Waals surface area contributed by atoms with Crippen molar-refractivity contribution in [1.82, 2.24) is 4.90 Å². The molecule has 0 unspecified atom stereocenters.